The molecule has 3 aromatic carbocycles. The molecule has 1 atom stereocenters. The van der Waals surface area contributed by atoms with Crippen molar-refractivity contribution in [1.29, 1.82) is 0 Å². The van der Waals surface area contributed by atoms with Gasteiger partial charge in [0.15, 0.2) is 16.3 Å². The number of hydrogen-bond acceptors (Lipinski definition) is 7. The molecule has 4 aromatic rings. The molecule has 0 saturated heterocycles. The molecule has 210 valence electrons. The number of benzene rings is 3. The third-order valence-corrected chi connectivity index (χ3v) is 8.30. The van der Waals surface area contributed by atoms with E-state index in [-0.39, 0.29) is 12.2 Å². The summed E-state index contributed by atoms with van der Waals surface area (Å²) < 4.78 is 19.7. The lowest BCUT2D eigenvalue weighted by Crippen LogP contribution is -2.39. The van der Waals surface area contributed by atoms with Crippen molar-refractivity contribution in [3.8, 4) is 11.5 Å². The second-order valence-corrected chi connectivity index (χ2v) is 11.5. The van der Waals surface area contributed by atoms with Crippen molar-refractivity contribution in [1.82, 2.24) is 4.57 Å². The van der Waals surface area contributed by atoms with E-state index in [1.54, 1.807) is 55.9 Å². The van der Waals surface area contributed by atoms with E-state index in [9.17, 15) is 9.59 Å². The van der Waals surface area contributed by atoms with Crippen molar-refractivity contribution in [2.45, 2.75) is 26.5 Å². The number of rotatable bonds is 8. The molecule has 2 heterocycles. The first-order valence-corrected chi connectivity index (χ1v) is 14.8. The summed E-state index contributed by atoms with van der Waals surface area (Å²) in [5.74, 6) is 0.573. The zero-order chi connectivity index (χ0) is 29.1. The topological polar surface area (TPSA) is 79.1 Å². The first-order chi connectivity index (χ1) is 19.8. The fraction of sp³-hybridized carbons (Fsp3) is 0.194. The van der Waals surface area contributed by atoms with Crippen LogP contribution in [0.2, 0.25) is 5.02 Å². The van der Waals surface area contributed by atoms with Crippen LogP contribution in [0.15, 0.2) is 92.3 Å². The lowest BCUT2D eigenvalue weighted by Gasteiger charge is -2.24. The van der Waals surface area contributed by atoms with Gasteiger partial charge in [0.2, 0.25) is 0 Å². The van der Waals surface area contributed by atoms with E-state index in [1.165, 1.54) is 11.3 Å². The van der Waals surface area contributed by atoms with E-state index >= 15 is 0 Å². The Morgan fingerprint density at radius 2 is 1.88 bits per heavy atom. The fourth-order valence-corrected chi connectivity index (χ4v) is 6.34. The van der Waals surface area contributed by atoms with Crippen LogP contribution in [0.4, 0.5) is 0 Å². The van der Waals surface area contributed by atoms with Crippen LogP contribution in [0.25, 0.3) is 6.08 Å². The molecule has 5 rings (SSSR count). The summed E-state index contributed by atoms with van der Waals surface area (Å²) in [4.78, 5) is 32.0. The Kier molecular flexibility index (Phi) is 8.77. The molecule has 0 N–H and O–H groups in total. The van der Waals surface area contributed by atoms with Crippen LogP contribution in [0.3, 0.4) is 0 Å². The molecule has 41 heavy (non-hydrogen) atoms. The fourth-order valence-electron chi connectivity index (χ4n) is 4.60. The number of hydrogen-bond donors (Lipinski definition) is 0. The third-order valence-electron chi connectivity index (χ3n) is 6.48. The Morgan fingerprint density at radius 1 is 1.15 bits per heavy atom. The van der Waals surface area contributed by atoms with Crippen LogP contribution in [0.5, 0.6) is 11.5 Å². The smallest absolute Gasteiger partial charge is 0.338 e. The minimum absolute atomic E-state index is 0.204. The van der Waals surface area contributed by atoms with Gasteiger partial charge in [-0.05, 0) is 76.8 Å². The zero-order valence-electron chi connectivity index (χ0n) is 22.5. The summed E-state index contributed by atoms with van der Waals surface area (Å²) in [6.45, 7) is 4.07. The van der Waals surface area contributed by atoms with E-state index < -0.39 is 12.0 Å². The van der Waals surface area contributed by atoms with Crippen molar-refractivity contribution >= 4 is 50.9 Å². The average Bonchev–Trinajstić information content (AvgIpc) is 3.26. The summed E-state index contributed by atoms with van der Waals surface area (Å²) in [5, 5.41) is 0.551. The SMILES string of the molecule is CCOC(=O)C1=C(C)N=c2s/c(=C/c3cc(Br)c(OCc4ccccc4)c(OC)c3)c(=O)n2C1c1ccc(Cl)cc1. The van der Waals surface area contributed by atoms with Crippen molar-refractivity contribution in [3.63, 3.8) is 0 Å². The molecule has 1 aliphatic rings. The molecule has 0 aliphatic carbocycles. The van der Waals surface area contributed by atoms with Crippen LogP contribution in [0, 0.1) is 0 Å². The Hall–Kier alpha value is -3.66. The van der Waals surface area contributed by atoms with Crippen molar-refractivity contribution in [2.24, 2.45) is 4.99 Å². The molecule has 0 bridgehead atoms. The second kappa shape index (κ2) is 12.5. The molecule has 7 nitrogen and oxygen atoms in total. The number of fused-ring (bicyclic) bond motifs is 1. The number of methoxy groups -OCH3 is 1. The van der Waals surface area contributed by atoms with Gasteiger partial charge < -0.3 is 14.2 Å². The number of ether oxygens (including phenoxy) is 3. The first-order valence-electron chi connectivity index (χ1n) is 12.8. The Bertz CT molecular complexity index is 1810. The number of carbonyl (C=O) groups is 1. The standard InChI is InChI=1S/C31H26BrClN2O5S/c1-4-39-30(37)26-18(2)34-31-35(27(26)21-10-12-22(33)13-11-21)29(36)25(41-31)16-20-14-23(32)28(24(15-20)38-3)40-17-19-8-6-5-7-9-19/h5-16,27H,4,17H2,1-3H3/b25-16+. The quantitative estimate of drug-likeness (QED) is 0.225. The van der Waals surface area contributed by atoms with E-state index in [4.69, 9.17) is 25.8 Å². The minimum atomic E-state index is -0.709. The normalized spacial score (nSPS) is 14.9. The first kappa shape index (κ1) is 28.9. The van der Waals surface area contributed by atoms with Gasteiger partial charge in [-0.25, -0.2) is 9.79 Å². The number of allylic oxidation sites excluding steroid dienone is 1. The predicted molar refractivity (Wildman–Crippen MR) is 163 cm³/mol. The number of aromatic nitrogens is 1. The molecule has 1 aliphatic heterocycles. The van der Waals surface area contributed by atoms with Gasteiger partial charge >= 0.3 is 5.97 Å². The summed E-state index contributed by atoms with van der Waals surface area (Å²) >= 11 is 11.0. The molecule has 1 unspecified atom stereocenters. The van der Waals surface area contributed by atoms with Crippen molar-refractivity contribution in [3.05, 3.63) is 124 Å². The van der Waals surface area contributed by atoms with E-state index in [0.717, 1.165) is 16.7 Å². The molecule has 0 radical (unpaired) electrons. The molecule has 0 amide bonds. The Labute approximate surface area is 254 Å². The highest BCUT2D eigenvalue weighted by Crippen LogP contribution is 2.37. The molecule has 10 heteroatoms. The lowest BCUT2D eigenvalue weighted by atomic mass is 9.96. The number of halogens is 2. The van der Waals surface area contributed by atoms with Crippen LogP contribution in [-0.2, 0) is 16.1 Å². The minimum Gasteiger partial charge on any atom is -0.493 e. The maximum Gasteiger partial charge on any atom is 0.338 e. The summed E-state index contributed by atoms with van der Waals surface area (Å²) in [6.07, 6.45) is 1.78. The molecule has 1 aromatic heterocycles. The van der Waals surface area contributed by atoms with Gasteiger partial charge in [0.25, 0.3) is 5.56 Å². The van der Waals surface area contributed by atoms with E-state index in [2.05, 4.69) is 20.9 Å². The number of carbonyl (C=O) groups excluding carboxylic acids is 1. The summed E-state index contributed by atoms with van der Waals surface area (Å²) in [7, 11) is 1.57. The van der Waals surface area contributed by atoms with Crippen molar-refractivity contribution < 1.29 is 19.0 Å². The van der Waals surface area contributed by atoms with Gasteiger partial charge in [0, 0.05) is 5.02 Å². The zero-order valence-corrected chi connectivity index (χ0v) is 25.7. The van der Waals surface area contributed by atoms with Gasteiger partial charge in [-0.2, -0.15) is 0 Å². The van der Waals surface area contributed by atoms with Crippen LogP contribution in [0.1, 0.15) is 36.6 Å². The maximum absolute atomic E-state index is 13.9. The van der Waals surface area contributed by atoms with Gasteiger partial charge in [-0.15, -0.1) is 0 Å². The van der Waals surface area contributed by atoms with Gasteiger partial charge in [-0.1, -0.05) is 65.4 Å². The number of esters is 1. The monoisotopic (exact) mass is 652 g/mol. The molecule has 0 saturated carbocycles. The summed E-state index contributed by atoms with van der Waals surface area (Å²) in [6, 6.07) is 19.9. The van der Waals surface area contributed by atoms with E-state index in [1.807, 2.05) is 42.5 Å². The van der Waals surface area contributed by atoms with Crippen LogP contribution >= 0.6 is 38.9 Å². The van der Waals surface area contributed by atoms with Crippen molar-refractivity contribution in [2.75, 3.05) is 13.7 Å². The Balaban J connectivity index is 1.58. The highest BCUT2D eigenvalue weighted by molar-refractivity contribution is 9.10. The van der Waals surface area contributed by atoms with Crippen LogP contribution < -0.4 is 24.4 Å². The van der Waals surface area contributed by atoms with Gasteiger partial charge in [0.1, 0.15) is 6.61 Å². The number of nitrogens with zero attached hydrogens (tertiary/aromatic N) is 2. The highest BCUT2D eigenvalue weighted by atomic mass is 79.9. The molecular formula is C31H26BrClN2O5S. The number of thiazole rings is 1. The van der Waals surface area contributed by atoms with Gasteiger partial charge in [0.05, 0.1) is 40.0 Å². The molecule has 0 fully saturated rings. The third kappa shape index (κ3) is 6.02. The maximum atomic E-state index is 13.9. The lowest BCUT2D eigenvalue weighted by molar-refractivity contribution is -0.139. The molecule has 0 spiro atoms. The molecular weight excluding hydrogens is 628 g/mol. The predicted octanol–water partition coefficient (Wildman–Crippen LogP) is 5.80. The highest BCUT2D eigenvalue weighted by Gasteiger charge is 2.33. The largest absolute Gasteiger partial charge is 0.493 e. The second-order valence-electron chi connectivity index (χ2n) is 9.16. The summed E-state index contributed by atoms with van der Waals surface area (Å²) in [5.41, 5.74) is 3.03. The average molecular weight is 654 g/mol. The van der Waals surface area contributed by atoms with Crippen LogP contribution in [-0.4, -0.2) is 24.3 Å². The van der Waals surface area contributed by atoms with E-state index in [0.29, 0.717) is 48.2 Å². The Morgan fingerprint density at radius 3 is 2.56 bits per heavy atom. The van der Waals surface area contributed by atoms with Gasteiger partial charge in [-0.3, -0.25) is 9.36 Å².